The molecule has 3 heterocycles. The zero-order chi connectivity index (χ0) is 21.1. The van der Waals surface area contributed by atoms with Crippen molar-refractivity contribution in [1.29, 1.82) is 0 Å². The van der Waals surface area contributed by atoms with Gasteiger partial charge in [0.1, 0.15) is 5.75 Å². The number of ether oxygens (including phenoxy) is 2. The number of carbonyl (C=O) groups excluding carboxylic acids is 1. The highest BCUT2D eigenvalue weighted by Gasteiger charge is 2.22. The van der Waals surface area contributed by atoms with Crippen molar-refractivity contribution in [2.75, 3.05) is 20.3 Å². The average Bonchev–Trinajstić information content (AvgIpc) is 3.33. The lowest BCUT2D eigenvalue weighted by Gasteiger charge is -2.16. The van der Waals surface area contributed by atoms with Gasteiger partial charge in [0.05, 0.1) is 26.0 Å². The fourth-order valence-corrected chi connectivity index (χ4v) is 4.11. The average molecular weight is 411 g/mol. The van der Waals surface area contributed by atoms with Crippen molar-refractivity contribution in [3.8, 4) is 5.75 Å². The van der Waals surface area contributed by atoms with E-state index in [-0.39, 0.29) is 5.91 Å². The third-order valence-electron chi connectivity index (χ3n) is 5.70. The predicted molar refractivity (Wildman–Crippen MR) is 116 cm³/mol. The van der Waals surface area contributed by atoms with Crippen molar-refractivity contribution in [2.45, 2.75) is 52.2 Å². The third kappa shape index (κ3) is 4.21. The minimum absolute atomic E-state index is 0.0528. The summed E-state index contributed by atoms with van der Waals surface area (Å²) in [7, 11) is 1.67. The molecule has 7 heteroatoms. The Morgan fingerprint density at radius 3 is 3.03 bits per heavy atom. The van der Waals surface area contributed by atoms with Crippen LogP contribution in [0.3, 0.4) is 0 Å². The molecule has 4 rings (SSSR count). The summed E-state index contributed by atoms with van der Waals surface area (Å²) in [6.07, 6.45) is 4.73. The summed E-state index contributed by atoms with van der Waals surface area (Å²) in [5, 5.41) is 8.95. The van der Waals surface area contributed by atoms with Gasteiger partial charge in [-0.25, -0.2) is 0 Å². The molecule has 0 radical (unpaired) electrons. The van der Waals surface area contributed by atoms with Gasteiger partial charge in [-0.2, -0.15) is 5.10 Å². The molecular formula is C23H30N4O3. The molecule has 0 spiro atoms. The monoisotopic (exact) mass is 410 g/mol. The summed E-state index contributed by atoms with van der Waals surface area (Å²) >= 11 is 0. The highest BCUT2D eigenvalue weighted by atomic mass is 16.5. The molecule has 1 aliphatic heterocycles. The number of carbonyl (C=O) groups is 1. The highest BCUT2D eigenvalue weighted by Crippen LogP contribution is 2.25. The molecule has 0 unspecified atom stereocenters. The molecular weight excluding hydrogens is 380 g/mol. The number of hydrogen-bond acceptors (Lipinski definition) is 4. The lowest BCUT2D eigenvalue weighted by Crippen LogP contribution is -2.26. The standard InChI is InChI=1S/C23H30N4O3/c1-15(2)27-22-9-11-30-14-19(22)21(26-27)6-7-23(28)24-10-8-16-13-25-20-5-4-17(29-3)12-18(16)20/h4-5,12-13,15,25H,6-11,14H2,1-3H3,(H,24,28). The number of aromatic nitrogens is 3. The van der Waals surface area contributed by atoms with Crippen LogP contribution in [0.4, 0.5) is 0 Å². The molecule has 0 aliphatic carbocycles. The van der Waals surface area contributed by atoms with Crippen LogP contribution in [0.2, 0.25) is 0 Å². The van der Waals surface area contributed by atoms with E-state index in [1.54, 1.807) is 7.11 Å². The Morgan fingerprint density at radius 2 is 2.23 bits per heavy atom. The van der Waals surface area contributed by atoms with Crippen LogP contribution in [0.15, 0.2) is 24.4 Å². The summed E-state index contributed by atoms with van der Waals surface area (Å²) < 4.78 is 13.0. The molecule has 1 aromatic carbocycles. The van der Waals surface area contributed by atoms with Crippen LogP contribution in [0.25, 0.3) is 10.9 Å². The number of benzene rings is 1. The first kappa shape index (κ1) is 20.5. The number of methoxy groups -OCH3 is 1. The van der Waals surface area contributed by atoms with Crippen LogP contribution in [-0.2, 0) is 35.4 Å². The smallest absolute Gasteiger partial charge is 0.220 e. The number of amides is 1. The second kappa shape index (κ2) is 8.92. The molecule has 160 valence electrons. The SMILES string of the molecule is COc1ccc2[nH]cc(CCNC(=O)CCc3nn(C(C)C)c4c3COCC4)c2c1. The number of nitrogens with zero attached hydrogens (tertiary/aromatic N) is 2. The van der Waals surface area contributed by atoms with Crippen LogP contribution < -0.4 is 10.1 Å². The molecule has 0 atom stereocenters. The van der Waals surface area contributed by atoms with Crippen LogP contribution >= 0.6 is 0 Å². The maximum Gasteiger partial charge on any atom is 0.220 e. The van der Waals surface area contributed by atoms with Crippen molar-refractivity contribution in [1.82, 2.24) is 20.1 Å². The summed E-state index contributed by atoms with van der Waals surface area (Å²) in [6.45, 7) is 6.22. The lowest BCUT2D eigenvalue weighted by atomic mass is 10.1. The highest BCUT2D eigenvalue weighted by molar-refractivity contribution is 5.84. The second-order valence-corrected chi connectivity index (χ2v) is 8.04. The molecule has 7 nitrogen and oxygen atoms in total. The molecule has 2 aromatic heterocycles. The Morgan fingerprint density at radius 1 is 1.37 bits per heavy atom. The Labute approximate surface area is 176 Å². The number of fused-ring (bicyclic) bond motifs is 2. The Hall–Kier alpha value is -2.80. The topological polar surface area (TPSA) is 81.2 Å². The summed E-state index contributed by atoms with van der Waals surface area (Å²) in [5.41, 5.74) is 5.69. The van der Waals surface area contributed by atoms with Gasteiger partial charge in [0.15, 0.2) is 0 Å². The van der Waals surface area contributed by atoms with Crippen LogP contribution in [0, 0.1) is 0 Å². The molecule has 1 aliphatic rings. The van der Waals surface area contributed by atoms with E-state index in [2.05, 4.69) is 28.8 Å². The maximum absolute atomic E-state index is 12.4. The van der Waals surface area contributed by atoms with Gasteiger partial charge < -0.3 is 19.8 Å². The lowest BCUT2D eigenvalue weighted by molar-refractivity contribution is -0.121. The largest absolute Gasteiger partial charge is 0.497 e. The van der Waals surface area contributed by atoms with Gasteiger partial charge in [-0.15, -0.1) is 0 Å². The first-order valence-electron chi connectivity index (χ1n) is 10.6. The second-order valence-electron chi connectivity index (χ2n) is 8.04. The van der Waals surface area contributed by atoms with Crippen molar-refractivity contribution >= 4 is 16.8 Å². The van der Waals surface area contributed by atoms with Crippen molar-refractivity contribution in [2.24, 2.45) is 0 Å². The minimum atomic E-state index is 0.0528. The first-order chi connectivity index (χ1) is 14.6. The van der Waals surface area contributed by atoms with Crippen molar-refractivity contribution < 1.29 is 14.3 Å². The van der Waals surface area contributed by atoms with Crippen LogP contribution in [-0.4, -0.2) is 40.9 Å². The number of aryl methyl sites for hydroxylation is 1. The van der Waals surface area contributed by atoms with Gasteiger partial charge in [-0.3, -0.25) is 9.48 Å². The molecule has 1 amide bonds. The maximum atomic E-state index is 12.4. The summed E-state index contributed by atoms with van der Waals surface area (Å²) in [6, 6.07) is 6.29. The molecule has 0 saturated heterocycles. The molecule has 2 N–H and O–H groups in total. The van der Waals surface area contributed by atoms with E-state index in [0.717, 1.165) is 41.8 Å². The molecule has 0 saturated carbocycles. The van der Waals surface area contributed by atoms with E-state index in [1.165, 1.54) is 16.8 Å². The minimum Gasteiger partial charge on any atom is -0.497 e. The molecule has 30 heavy (non-hydrogen) atoms. The van der Waals surface area contributed by atoms with Gasteiger partial charge in [0.25, 0.3) is 0 Å². The quantitative estimate of drug-likeness (QED) is 0.597. The molecule has 3 aromatic rings. The number of nitrogens with one attached hydrogen (secondary N) is 2. The van der Waals surface area contributed by atoms with E-state index in [0.29, 0.717) is 32.0 Å². The normalized spacial score (nSPS) is 13.6. The van der Waals surface area contributed by atoms with Gasteiger partial charge >= 0.3 is 0 Å². The zero-order valence-electron chi connectivity index (χ0n) is 18.0. The number of H-pyrrole nitrogens is 1. The van der Waals surface area contributed by atoms with Gasteiger partial charge in [0.2, 0.25) is 5.91 Å². The molecule has 0 bridgehead atoms. The number of rotatable bonds is 8. The Kier molecular flexibility index (Phi) is 6.08. The fraction of sp³-hybridized carbons (Fsp3) is 0.478. The Balaban J connectivity index is 1.32. The van der Waals surface area contributed by atoms with E-state index >= 15 is 0 Å². The summed E-state index contributed by atoms with van der Waals surface area (Å²) in [4.78, 5) is 15.7. The molecule has 0 fully saturated rings. The number of aromatic amines is 1. The van der Waals surface area contributed by atoms with Crippen molar-refractivity contribution in [3.63, 3.8) is 0 Å². The van der Waals surface area contributed by atoms with E-state index in [1.807, 2.05) is 24.4 Å². The zero-order valence-corrected chi connectivity index (χ0v) is 18.0. The van der Waals surface area contributed by atoms with Gasteiger partial charge in [0, 0.05) is 60.2 Å². The predicted octanol–water partition coefficient (Wildman–Crippen LogP) is 3.32. The number of hydrogen-bond donors (Lipinski definition) is 2. The van der Waals surface area contributed by atoms with Gasteiger partial charge in [-0.1, -0.05) is 0 Å². The Bertz CT molecular complexity index is 1030. The van der Waals surface area contributed by atoms with E-state index < -0.39 is 0 Å². The van der Waals surface area contributed by atoms with E-state index in [9.17, 15) is 4.79 Å². The third-order valence-corrected chi connectivity index (χ3v) is 5.70. The van der Waals surface area contributed by atoms with Crippen LogP contribution in [0.5, 0.6) is 5.75 Å². The van der Waals surface area contributed by atoms with Gasteiger partial charge in [-0.05, 0) is 44.0 Å². The summed E-state index contributed by atoms with van der Waals surface area (Å²) in [5.74, 6) is 0.887. The van der Waals surface area contributed by atoms with Crippen molar-refractivity contribution in [3.05, 3.63) is 46.9 Å². The van der Waals surface area contributed by atoms with E-state index in [4.69, 9.17) is 14.6 Å². The van der Waals surface area contributed by atoms with Crippen LogP contribution in [0.1, 0.15) is 48.8 Å². The fourth-order valence-electron chi connectivity index (χ4n) is 4.11. The first-order valence-corrected chi connectivity index (χ1v) is 10.6.